The average molecular weight is 468 g/mol. The van der Waals surface area contributed by atoms with E-state index < -0.39 is 0 Å². The molecule has 8 heteroatoms. The first-order chi connectivity index (χ1) is 16.1. The molecule has 4 rings (SSSR count). The van der Waals surface area contributed by atoms with Crippen molar-refractivity contribution in [3.63, 3.8) is 0 Å². The van der Waals surface area contributed by atoms with Gasteiger partial charge in [-0.15, -0.1) is 0 Å². The molecule has 0 radical (unpaired) electrons. The van der Waals surface area contributed by atoms with Crippen molar-refractivity contribution in [2.45, 2.75) is 19.8 Å². The summed E-state index contributed by atoms with van der Waals surface area (Å²) in [5, 5.41) is 9.57. The highest BCUT2D eigenvalue weighted by molar-refractivity contribution is 7.99. The largest absolute Gasteiger partial charge is 0.493 e. The van der Waals surface area contributed by atoms with Crippen LogP contribution in [-0.2, 0) is 16.0 Å². The minimum absolute atomic E-state index is 0.0489. The number of amides is 1. The Morgan fingerprint density at radius 3 is 2.76 bits per heavy atom. The van der Waals surface area contributed by atoms with E-state index in [1.165, 1.54) is 0 Å². The molecule has 2 aliphatic heterocycles. The number of nitrogens with one attached hydrogen (secondary N) is 1. The Morgan fingerprint density at radius 1 is 1.21 bits per heavy atom. The van der Waals surface area contributed by atoms with E-state index >= 15 is 0 Å². The van der Waals surface area contributed by atoms with Gasteiger partial charge in [-0.05, 0) is 54.8 Å². The van der Waals surface area contributed by atoms with E-state index in [4.69, 9.17) is 9.47 Å². The van der Waals surface area contributed by atoms with E-state index in [1.54, 1.807) is 13.0 Å². The maximum Gasteiger partial charge on any atom is 0.306 e. The molecule has 174 valence electrons. The lowest BCUT2D eigenvalue weighted by molar-refractivity contribution is -0.144. The van der Waals surface area contributed by atoms with Crippen LogP contribution >= 0.6 is 11.8 Å². The van der Waals surface area contributed by atoms with Crippen LogP contribution in [0.4, 0.5) is 5.69 Å². The quantitative estimate of drug-likeness (QED) is 0.493. The van der Waals surface area contributed by atoms with Crippen LogP contribution in [0.3, 0.4) is 0 Å². The molecule has 7 nitrogen and oxygen atoms in total. The highest BCUT2D eigenvalue weighted by Gasteiger charge is 2.24. The number of hydrogen-bond acceptors (Lipinski definition) is 7. The summed E-state index contributed by atoms with van der Waals surface area (Å²) in [6, 6.07) is 13.1. The fraction of sp³-hybridized carbons (Fsp3) is 0.400. The Balaban J connectivity index is 1.35. The number of benzene rings is 2. The fourth-order valence-corrected chi connectivity index (χ4v) is 4.74. The number of anilines is 1. The van der Waals surface area contributed by atoms with Crippen LogP contribution in [0.2, 0.25) is 0 Å². The number of hydrogen-bond donors (Lipinski definition) is 1. The van der Waals surface area contributed by atoms with E-state index in [2.05, 4.69) is 15.4 Å². The van der Waals surface area contributed by atoms with Crippen molar-refractivity contribution in [3.8, 4) is 5.75 Å². The van der Waals surface area contributed by atoms with Crippen LogP contribution in [0.1, 0.15) is 34.8 Å². The summed E-state index contributed by atoms with van der Waals surface area (Å²) in [5.74, 6) is 2.64. The predicted molar refractivity (Wildman–Crippen MR) is 131 cm³/mol. The zero-order valence-electron chi connectivity index (χ0n) is 18.8. The predicted octanol–water partition coefficient (Wildman–Crippen LogP) is 3.83. The molecule has 1 amide bonds. The minimum Gasteiger partial charge on any atom is -0.493 e. The van der Waals surface area contributed by atoms with Gasteiger partial charge < -0.3 is 14.8 Å². The number of nitrogens with zero attached hydrogens (tertiary/aromatic N) is 2. The second-order valence-corrected chi connectivity index (χ2v) is 9.32. The molecule has 1 N–H and O–H groups in total. The molecule has 0 aliphatic carbocycles. The van der Waals surface area contributed by atoms with Crippen molar-refractivity contribution in [1.82, 2.24) is 5.01 Å². The molecular weight excluding hydrogens is 438 g/mol. The highest BCUT2D eigenvalue weighted by Crippen LogP contribution is 2.30. The van der Waals surface area contributed by atoms with Gasteiger partial charge in [0.1, 0.15) is 5.75 Å². The molecule has 33 heavy (non-hydrogen) atoms. The zero-order chi connectivity index (χ0) is 23.0. The van der Waals surface area contributed by atoms with Crippen LogP contribution in [0.5, 0.6) is 5.75 Å². The van der Waals surface area contributed by atoms with Gasteiger partial charge in [-0.1, -0.05) is 12.1 Å². The lowest BCUT2D eigenvalue weighted by Crippen LogP contribution is -2.27. The molecule has 2 aliphatic rings. The summed E-state index contributed by atoms with van der Waals surface area (Å²) in [5.41, 5.74) is 3.21. The molecule has 1 atom stereocenters. The molecule has 2 heterocycles. The summed E-state index contributed by atoms with van der Waals surface area (Å²) >= 11 is 1.96. The van der Waals surface area contributed by atoms with Crippen molar-refractivity contribution in [3.05, 3.63) is 59.2 Å². The van der Waals surface area contributed by atoms with Gasteiger partial charge in [0, 0.05) is 41.8 Å². The van der Waals surface area contributed by atoms with Crippen molar-refractivity contribution >= 4 is 35.5 Å². The number of esters is 1. The minimum atomic E-state index is -0.216. The number of carbonyl (C=O) groups is 2. The number of hydrazone groups is 1. The van der Waals surface area contributed by atoms with Gasteiger partial charge in [0.05, 0.1) is 25.8 Å². The molecule has 2 aromatic rings. The number of carbonyl (C=O) groups excluding carboxylic acids is 2. The summed E-state index contributed by atoms with van der Waals surface area (Å²) in [4.78, 5) is 24.6. The van der Waals surface area contributed by atoms with Crippen molar-refractivity contribution in [2.75, 3.05) is 43.1 Å². The average Bonchev–Trinajstić information content (AvgIpc) is 2.84. The molecule has 1 saturated heterocycles. The van der Waals surface area contributed by atoms with Crippen LogP contribution in [0, 0.1) is 5.92 Å². The van der Waals surface area contributed by atoms with Crippen LogP contribution in [0.25, 0.3) is 0 Å². The first-order valence-electron chi connectivity index (χ1n) is 11.3. The first-order valence-corrected chi connectivity index (χ1v) is 12.5. The van der Waals surface area contributed by atoms with E-state index in [0.29, 0.717) is 31.6 Å². The maximum atomic E-state index is 12.8. The Bertz CT molecular complexity index is 1000. The number of ether oxygens (including phenoxy) is 2. The van der Waals surface area contributed by atoms with Crippen molar-refractivity contribution in [2.24, 2.45) is 11.0 Å². The SMILES string of the molecule is CCOC(=O)CC1COc2ccc(C(=O)Nc3ccc(/C=N/N4CCSCC4)cc3)cc2C1. The number of fused-ring (bicyclic) bond motifs is 1. The van der Waals surface area contributed by atoms with Crippen LogP contribution in [-0.4, -0.2) is 60.9 Å². The Labute approximate surface area is 198 Å². The van der Waals surface area contributed by atoms with Crippen molar-refractivity contribution in [1.29, 1.82) is 0 Å². The summed E-state index contributed by atoms with van der Waals surface area (Å²) < 4.78 is 10.8. The van der Waals surface area contributed by atoms with Gasteiger partial charge >= 0.3 is 5.97 Å². The monoisotopic (exact) mass is 467 g/mol. The lowest BCUT2D eigenvalue weighted by atomic mass is 9.93. The van der Waals surface area contributed by atoms with E-state index in [9.17, 15) is 9.59 Å². The summed E-state index contributed by atoms with van der Waals surface area (Å²) in [7, 11) is 0. The third-order valence-electron chi connectivity index (χ3n) is 5.59. The fourth-order valence-electron chi connectivity index (χ4n) is 3.86. The molecular formula is C25H29N3O4S. The first kappa shape index (κ1) is 23.2. The third kappa shape index (κ3) is 6.51. The van der Waals surface area contributed by atoms with Crippen LogP contribution in [0.15, 0.2) is 47.6 Å². The third-order valence-corrected chi connectivity index (χ3v) is 6.54. The maximum absolute atomic E-state index is 12.8. The molecule has 2 aromatic carbocycles. The number of thioether (sulfide) groups is 1. The lowest BCUT2D eigenvalue weighted by Gasteiger charge is -2.25. The second kappa shape index (κ2) is 11.2. The van der Waals surface area contributed by atoms with Gasteiger partial charge in [-0.2, -0.15) is 16.9 Å². The topological polar surface area (TPSA) is 80.2 Å². The molecule has 0 spiro atoms. The van der Waals surface area contributed by atoms with E-state index in [1.807, 2.05) is 54.4 Å². The Morgan fingerprint density at radius 2 is 2.00 bits per heavy atom. The van der Waals surface area contributed by atoms with E-state index in [0.717, 1.165) is 47.2 Å². The zero-order valence-corrected chi connectivity index (χ0v) is 19.6. The highest BCUT2D eigenvalue weighted by atomic mass is 32.2. The van der Waals surface area contributed by atoms with Gasteiger partial charge in [0.15, 0.2) is 0 Å². The normalized spacial score (nSPS) is 17.8. The molecule has 1 unspecified atom stereocenters. The standard InChI is InChI=1S/C25H29N3O4S/c1-2-31-24(29)14-19-13-21-15-20(5-8-23(21)32-17-19)25(30)27-22-6-3-18(4-7-22)16-26-28-9-11-33-12-10-28/h3-8,15-16,19H,2,9-14,17H2,1H3,(H,27,30)/b26-16+. The van der Waals surface area contributed by atoms with Gasteiger partial charge in [0.2, 0.25) is 0 Å². The summed E-state index contributed by atoms with van der Waals surface area (Å²) in [6.07, 6.45) is 2.85. The van der Waals surface area contributed by atoms with Gasteiger partial charge in [0.25, 0.3) is 5.91 Å². The molecule has 0 bridgehead atoms. The second-order valence-electron chi connectivity index (χ2n) is 8.10. The molecule has 0 aromatic heterocycles. The number of rotatable bonds is 7. The van der Waals surface area contributed by atoms with E-state index in [-0.39, 0.29) is 17.8 Å². The smallest absolute Gasteiger partial charge is 0.306 e. The Hall–Kier alpha value is -3.00. The summed E-state index contributed by atoms with van der Waals surface area (Å²) in [6.45, 7) is 4.60. The Kier molecular flexibility index (Phi) is 7.88. The van der Waals surface area contributed by atoms with Crippen molar-refractivity contribution < 1.29 is 19.1 Å². The molecule has 0 saturated carbocycles. The van der Waals surface area contributed by atoms with Crippen LogP contribution < -0.4 is 10.1 Å². The molecule has 1 fully saturated rings. The van der Waals surface area contributed by atoms with Gasteiger partial charge in [-0.25, -0.2) is 0 Å². The van der Waals surface area contributed by atoms with Gasteiger partial charge in [-0.3, -0.25) is 14.6 Å².